The largest absolute Gasteiger partial charge is 0.466 e. The van der Waals surface area contributed by atoms with Gasteiger partial charge in [-0.05, 0) is 39.7 Å². The molecule has 6 heteroatoms. The van der Waals surface area contributed by atoms with Gasteiger partial charge < -0.3 is 9.47 Å². The molecule has 0 aliphatic rings. The average Bonchev–Trinajstić information content (AvgIpc) is 2.51. The summed E-state index contributed by atoms with van der Waals surface area (Å²) >= 11 is 0. The summed E-state index contributed by atoms with van der Waals surface area (Å²) in [5.74, 6) is -1.43. The van der Waals surface area contributed by atoms with Gasteiger partial charge in [0.15, 0.2) is 0 Å². The van der Waals surface area contributed by atoms with Gasteiger partial charge >= 0.3 is 11.9 Å². The SMILES string of the molecule is CCOC(=O)CCC(=O)[C@@H](CC(=O)OC(C)(C)C)Cc1ccccc1.S. The molecule has 0 aliphatic heterocycles. The highest BCUT2D eigenvalue weighted by Gasteiger charge is 2.26. The van der Waals surface area contributed by atoms with Crippen molar-refractivity contribution in [2.75, 3.05) is 6.61 Å². The Morgan fingerprint density at radius 2 is 1.62 bits per heavy atom. The molecule has 0 fully saturated rings. The van der Waals surface area contributed by atoms with Gasteiger partial charge in [-0.2, -0.15) is 13.5 Å². The summed E-state index contributed by atoms with van der Waals surface area (Å²) in [6.45, 7) is 7.39. The highest BCUT2D eigenvalue weighted by molar-refractivity contribution is 7.59. The maximum Gasteiger partial charge on any atom is 0.307 e. The molecule has 0 heterocycles. The van der Waals surface area contributed by atoms with Crippen molar-refractivity contribution in [2.45, 2.75) is 59.0 Å². The number of Topliss-reactive ketones (excluding diaryl/α,β-unsaturated/α-hetero) is 1. The molecule has 1 aromatic rings. The number of esters is 2. The Morgan fingerprint density at radius 1 is 1.00 bits per heavy atom. The van der Waals surface area contributed by atoms with Gasteiger partial charge in [-0.25, -0.2) is 0 Å². The fourth-order valence-electron chi connectivity index (χ4n) is 2.45. The van der Waals surface area contributed by atoms with Gasteiger partial charge in [-0.3, -0.25) is 14.4 Å². The predicted octanol–water partition coefficient (Wildman–Crippen LogP) is 3.60. The van der Waals surface area contributed by atoms with E-state index in [1.807, 2.05) is 30.3 Å². The molecule has 0 aromatic heterocycles. The summed E-state index contributed by atoms with van der Waals surface area (Å²) in [6.07, 6.45) is 0.557. The third kappa shape index (κ3) is 10.2. The van der Waals surface area contributed by atoms with Crippen molar-refractivity contribution in [3.8, 4) is 0 Å². The molecule has 0 N–H and O–H groups in total. The summed E-state index contributed by atoms with van der Waals surface area (Å²) in [4.78, 5) is 36.2. The van der Waals surface area contributed by atoms with Crippen LogP contribution in [0.4, 0.5) is 0 Å². The maximum absolute atomic E-state index is 12.5. The molecule has 0 spiro atoms. The smallest absolute Gasteiger partial charge is 0.307 e. The Morgan fingerprint density at radius 3 is 2.15 bits per heavy atom. The van der Waals surface area contributed by atoms with Gasteiger partial charge in [0.2, 0.25) is 0 Å². The highest BCUT2D eigenvalue weighted by atomic mass is 32.1. The lowest BCUT2D eigenvalue weighted by atomic mass is 9.90. The van der Waals surface area contributed by atoms with E-state index in [-0.39, 0.29) is 38.5 Å². The summed E-state index contributed by atoms with van der Waals surface area (Å²) in [7, 11) is 0. The topological polar surface area (TPSA) is 69.7 Å². The monoisotopic (exact) mass is 382 g/mol. The highest BCUT2D eigenvalue weighted by Crippen LogP contribution is 2.19. The second-order valence-corrected chi connectivity index (χ2v) is 6.95. The molecular formula is C20H30O5S. The Labute approximate surface area is 162 Å². The molecule has 146 valence electrons. The van der Waals surface area contributed by atoms with Gasteiger partial charge in [0.1, 0.15) is 11.4 Å². The van der Waals surface area contributed by atoms with Crippen molar-refractivity contribution < 1.29 is 23.9 Å². The van der Waals surface area contributed by atoms with E-state index in [1.54, 1.807) is 27.7 Å². The predicted molar refractivity (Wildman–Crippen MR) is 105 cm³/mol. The minimum Gasteiger partial charge on any atom is -0.466 e. The number of hydrogen-bond donors (Lipinski definition) is 0. The van der Waals surface area contributed by atoms with Crippen LogP contribution in [-0.2, 0) is 30.3 Å². The summed E-state index contributed by atoms with van der Waals surface area (Å²) in [5, 5.41) is 0. The number of rotatable bonds is 9. The summed E-state index contributed by atoms with van der Waals surface area (Å²) in [6, 6.07) is 9.52. The molecule has 0 radical (unpaired) electrons. The van der Waals surface area contributed by atoms with Crippen LogP contribution in [0.3, 0.4) is 0 Å². The Kier molecular flexibility index (Phi) is 10.9. The third-order valence-corrected chi connectivity index (χ3v) is 3.49. The summed E-state index contributed by atoms with van der Waals surface area (Å²) in [5.41, 5.74) is 0.378. The van der Waals surface area contributed by atoms with Gasteiger partial charge in [-0.15, -0.1) is 0 Å². The zero-order chi connectivity index (χ0) is 18.9. The quantitative estimate of drug-likeness (QED) is 0.610. The molecule has 1 atom stereocenters. The molecule has 0 unspecified atom stereocenters. The molecule has 1 rings (SSSR count). The molecule has 0 saturated heterocycles. The van der Waals surface area contributed by atoms with Crippen molar-refractivity contribution >= 4 is 31.2 Å². The minimum absolute atomic E-state index is 0. The lowest BCUT2D eigenvalue weighted by Gasteiger charge is -2.22. The van der Waals surface area contributed by atoms with Gasteiger partial charge in [0, 0.05) is 12.3 Å². The molecule has 0 bridgehead atoms. The van der Waals surface area contributed by atoms with Crippen molar-refractivity contribution in [1.82, 2.24) is 0 Å². The Bertz CT molecular complexity index is 578. The lowest BCUT2D eigenvalue weighted by molar-refractivity contribution is -0.157. The molecule has 5 nitrogen and oxygen atoms in total. The first-order valence-corrected chi connectivity index (χ1v) is 8.65. The normalized spacial score (nSPS) is 11.8. The van der Waals surface area contributed by atoms with Crippen molar-refractivity contribution in [3.63, 3.8) is 0 Å². The Balaban J connectivity index is 0.00000625. The van der Waals surface area contributed by atoms with Crippen molar-refractivity contribution in [1.29, 1.82) is 0 Å². The fourth-order valence-corrected chi connectivity index (χ4v) is 2.45. The van der Waals surface area contributed by atoms with E-state index < -0.39 is 23.5 Å². The molecule has 0 amide bonds. The minimum atomic E-state index is -0.595. The molecule has 0 saturated carbocycles. The van der Waals surface area contributed by atoms with Gasteiger partial charge in [-0.1, -0.05) is 30.3 Å². The van der Waals surface area contributed by atoms with Crippen LogP contribution in [0.25, 0.3) is 0 Å². The number of benzene rings is 1. The maximum atomic E-state index is 12.5. The van der Waals surface area contributed by atoms with Crippen LogP contribution in [-0.4, -0.2) is 29.9 Å². The molecular weight excluding hydrogens is 352 g/mol. The fraction of sp³-hybridized carbons (Fsp3) is 0.550. The number of carbonyl (C=O) groups excluding carboxylic acids is 3. The van der Waals surface area contributed by atoms with Crippen molar-refractivity contribution in [3.05, 3.63) is 35.9 Å². The zero-order valence-corrected chi connectivity index (χ0v) is 17.0. The molecule has 26 heavy (non-hydrogen) atoms. The molecule has 0 aliphatic carbocycles. The number of ether oxygens (including phenoxy) is 2. The second-order valence-electron chi connectivity index (χ2n) is 6.95. The average molecular weight is 383 g/mol. The number of carbonyl (C=O) groups is 3. The van der Waals surface area contributed by atoms with Gasteiger partial charge in [0.25, 0.3) is 0 Å². The van der Waals surface area contributed by atoms with Crippen LogP contribution >= 0.6 is 13.5 Å². The third-order valence-electron chi connectivity index (χ3n) is 3.49. The van der Waals surface area contributed by atoms with Crippen LogP contribution in [0.5, 0.6) is 0 Å². The lowest BCUT2D eigenvalue weighted by Crippen LogP contribution is -2.28. The van der Waals surface area contributed by atoms with Crippen LogP contribution in [0, 0.1) is 5.92 Å². The second kappa shape index (κ2) is 11.7. The van der Waals surface area contributed by atoms with E-state index in [0.717, 1.165) is 5.56 Å². The Hall–Kier alpha value is -1.82. The first-order valence-electron chi connectivity index (χ1n) is 8.65. The van der Waals surface area contributed by atoms with E-state index in [9.17, 15) is 14.4 Å². The first kappa shape index (κ1) is 24.2. The van der Waals surface area contributed by atoms with E-state index >= 15 is 0 Å². The standard InChI is InChI=1S/C20H28O5.H2S/c1-5-24-18(22)12-11-17(21)16(13-15-9-7-6-8-10-15)14-19(23)25-20(2,3)4;/h6-10,16H,5,11-14H2,1-4H3;1H2/t16-;/m1./s1. The summed E-state index contributed by atoms with van der Waals surface area (Å²) < 4.78 is 10.2. The van der Waals surface area contributed by atoms with Gasteiger partial charge in [0.05, 0.1) is 19.4 Å². The van der Waals surface area contributed by atoms with Crippen molar-refractivity contribution in [2.24, 2.45) is 5.92 Å². The zero-order valence-electron chi connectivity index (χ0n) is 16.0. The van der Waals surface area contributed by atoms with Crippen LogP contribution in [0.2, 0.25) is 0 Å². The van der Waals surface area contributed by atoms with Crippen LogP contribution in [0.15, 0.2) is 30.3 Å². The first-order chi connectivity index (χ1) is 11.7. The number of ketones is 1. The molecule has 1 aromatic carbocycles. The van der Waals surface area contributed by atoms with E-state index in [2.05, 4.69) is 0 Å². The van der Waals surface area contributed by atoms with E-state index in [0.29, 0.717) is 13.0 Å². The number of hydrogen-bond acceptors (Lipinski definition) is 5. The van der Waals surface area contributed by atoms with E-state index in [4.69, 9.17) is 9.47 Å². The van der Waals surface area contributed by atoms with E-state index in [1.165, 1.54) is 0 Å². The van der Waals surface area contributed by atoms with Crippen LogP contribution < -0.4 is 0 Å². The van der Waals surface area contributed by atoms with Crippen LogP contribution in [0.1, 0.15) is 52.5 Å².